The van der Waals surface area contributed by atoms with E-state index in [1.165, 1.54) is 12.1 Å². The molecular formula is C26H30N4O3S. The Kier molecular flexibility index (Phi) is 7.62. The minimum Gasteiger partial charge on any atom is -0.344 e. The zero-order chi connectivity index (χ0) is 24.0. The van der Waals surface area contributed by atoms with Crippen LogP contribution in [0.4, 0.5) is 5.69 Å². The lowest BCUT2D eigenvalue weighted by Gasteiger charge is -2.35. The maximum atomic E-state index is 13.2. The summed E-state index contributed by atoms with van der Waals surface area (Å²) in [5, 5.41) is 3.16. The highest BCUT2D eigenvalue weighted by atomic mass is 32.2. The summed E-state index contributed by atoms with van der Waals surface area (Å²) in [6, 6.07) is 24.5. The number of sulfonamides is 1. The Labute approximate surface area is 201 Å². The van der Waals surface area contributed by atoms with Crippen LogP contribution in [-0.2, 0) is 10.0 Å². The number of carbonyl (C=O) groups is 1. The summed E-state index contributed by atoms with van der Waals surface area (Å²) in [5.74, 6) is -0.247. The van der Waals surface area contributed by atoms with Crippen LogP contribution in [0.25, 0.3) is 0 Å². The van der Waals surface area contributed by atoms with Crippen molar-refractivity contribution >= 4 is 21.6 Å². The van der Waals surface area contributed by atoms with Gasteiger partial charge in [0.15, 0.2) is 0 Å². The zero-order valence-electron chi connectivity index (χ0n) is 19.2. The summed E-state index contributed by atoms with van der Waals surface area (Å²) in [4.78, 5) is 18.0. The highest BCUT2D eigenvalue weighted by Gasteiger charge is 2.22. The van der Waals surface area contributed by atoms with Crippen molar-refractivity contribution in [1.29, 1.82) is 0 Å². The molecule has 1 aliphatic heterocycles. The number of nitrogens with zero attached hydrogens (tertiary/aromatic N) is 2. The van der Waals surface area contributed by atoms with Gasteiger partial charge in [-0.15, -0.1) is 0 Å². The van der Waals surface area contributed by atoms with Gasteiger partial charge >= 0.3 is 0 Å². The van der Waals surface area contributed by atoms with E-state index < -0.39 is 10.0 Å². The molecule has 0 saturated carbocycles. The van der Waals surface area contributed by atoms with Gasteiger partial charge in [-0.1, -0.05) is 54.6 Å². The van der Waals surface area contributed by atoms with E-state index in [1.807, 2.05) is 30.3 Å². The predicted molar refractivity (Wildman–Crippen MR) is 134 cm³/mol. The van der Waals surface area contributed by atoms with Crippen LogP contribution in [0.2, 0.25) is 0 Å². The molecule has 8 heteroatoms. The first-order valence-electron chi connectivity index (χ1n) is 11.4. The van der Waals surface area contributed by atoms with E-state index in [2.05, 4.69) is 26.9 Å². The first kappa shape index (κ1) is 23.9. The van der Waals surface area contributed by atoms with Gasteiger partial charge in [0.25, 0.3) is 15.9 Å². The van der Waals surface area contributed by atoms with E-state index in [9.17, 15) is 13.2 Å². The molecule has 1 aliphatic rings. The number of hydrogen-bond donors (Lipinski definition) is 2. The number of likely N-dealkylation sites (N-methyl/N-ethyl adjacent to an activating group) is 1. The third-order valence-electron chi connectivity index (χ3n) is 5.97. The number of hydrogen-bond acceptors (Lipinski definition) is 5. The standard InChI is InChI=1S/C26H30N4O3S/c1-29-15-17-30(18-16-29)20-25(21-9-4-2-5-10-21)27-26(31)22-11-8-12-23(19-22)28-34(32,33)24-13-6-3-7-14-24/h2-14,19,25,28H,15-18,20H2,1H3,(H,27,31). The van der Waals surface area contributed by atoms with Gasteiger partial charge in [-0.3, -0.25) is 14.4 Å². The van der Waals surface area contributed by atoms with E-state index >= 15 is 0 Å². The number of amides is 1. The molecule has 3 aromatic rings. The van der Waals surface area contributed by atoms with Crippen molar-refractivity contribution in [2.24, 2.45) is 0 Å². The molecule has 1 heterocycles. The topological polar surface area (TPSA) is 81.8 Å². The fourth-order valence-corrected chi connectivity index (χ4v) is 5.06. The summed E-state index contributed by atoms with van der Waals surface area (Å²) in [5.41, 5.74) is 1.77. The number of carbonyl (C=O) groups excluding carboxylic acids is 1. The molecule has 1 fully saturated rings. The van der Waals surface area contributed by atoms with E-state index in [1.54, 1.807) is 42.5 Å². The van der Waals surface area contributed by atoms with Crippen LogP contribution in [0.5, 0.6) is 0 Å². The lowest BCUT2D eigenvalue weighted by atomic mass is 10.0. The van der Waals surface area contributed by atoms with E-state index in [-0.39, 0.29) is 16.8 Å². The molecule has 178 valence electrons. The molecule has 0 radical (unpaired) electrons. The van der Waals surface area contributed by atoms with Gasteiger partial charge in [-0.2, -0.15) is 0 Å². The predicted octanol–water partition coefficient (Wildman–Crippen LogP) is 3.21. The highest BCUT2D eigenvalue weighted by Crippen LogP contribution is 2.20. The lowest BCUT2D eigenvalue weighted by molar-refractivity contribution is 0.0907. The maximum absolute atomic E-state index is 13.2. The van der Waals surface area contributed by atoms with E-state index in [4.69, 9.17) is 0 Å². The Morgan fingerprint density at radius 2 is 1.53 bits per heavy atom. The monoisotopic (exact) mass is 478 g/mol. The van der Waals surface area contributed by atoms with Crippen LogP contribution < -0.4 is 10.0 Å². The van der Waals surface area contributed by atoms with E-state index in [0.29, 0.717) is 17.8 Å². The number of piperazine rings is 1. The molecule has 4 rings (SSSR count). The molecule has 3 aromatic carbocycles. The Bertz CT molecular complexity index is 1190. The first-order valence-corrected chi connectivity index (χ1v) is 12.8. The average Bonchev–Trinajstić information content (AvgIpc) is 2.86. The average molecular weight is 479 g/mol. The SMILES string of the molecule is CN1CCN(CC(NC(=O)c2cccc(NS(=O)(=O)c3ccccc3)c2)c2ccccc2)CC1. The second kappa shape index (κ2) is 10.8. The summed E-state index contributed by atoms with van der Waals surface area (Å²) >= 11 is 0. The molecule has 2 N–H and O–H groups in total. The number of anilines is 1. The van der Waals surface area contributed by atoms with Crippen LogP contribution in [0.3, 0.4) is 0 Å². The van der Waals surface area contributed by atoms with Crippen LogP contribution in [0, 0.1) is 0 Å². The molecule has 0 spiro atoms. The van der Waals surface area contributed by atoms with Crippen LogP contribution in [0.15, 0.2) is 89.8 Å². The van der Waals surface area contributed by atoms with Crippen LogP contribution >= 0.6 is 0 Å². The van der Waals surface area contributed by atoms with Gasteiger partial charge in [0, 0.05) is 44.0 Å². The Morgan fingerprint density at radius 3 is 2.21 bits per heavy atom. The van der Waals surface area contributed by atoms with Crippen molar-refractivity contribution in [3.05, 3.63) is 96.1 Å². The Morgan fingerprint density at radius 1 is 0.882 bits per heavy atom. The van der Waals surface area contributed by atoms with Gasteiger partial charge in [0.05, 0.1) is 10.9 Å². The quantitative estimate of drug-likeness (QED) is 0.520. The summed E-state index contributed by atoms with van der Waals surface area (Å²) in [6.07, 6.45) is 0. The molecule has 1 atom stereocenters. The third-order valence-corrected chi connectivity index (χ3v) is 7.37. The minimum atomic E-state index is -3.74. The van der Waals surface area contributed by atoms with Gasteiger partial charge in [0.2, 0.25) is 0 Å². The lowest BCUT2D eigenvalue weighted by Crippen LogP contribution is -2.47. The first-order chi connectivity index (χ1) is 16.4. The second-order valence-corrected chi connectivity index (χ2v) is 10.2. The molecule has 34 heavy (non-hydrogen) atoms. The molecule has 0 bridgehead atoms. The van der Waals surface area contributed by atoms with Crippen molar-refractivity contribution in [3.63, 3.8) is 0 Å². The van der Waals surface area contributed by atoms with Crippen molar-refractivity contribution in [1.82, 2.24) is 15.1 Å². The van der Waals surface area contributed by atoms with Crippen molar-refractivity contribution in [2.75, 3.05) is 44.5 Å². The number of rotatable bonds is 8. The summed E-state index contributed by atoms with van der Waals surface area (Å²) in [7, 11) is -1.62. The Balaban J connectivity index is 1.49. The molecule has 7 nitrogen and oxygen atoms in total. The molecule has 1 saturated heterocycles. The van der Waals surface area contributed by atoms with Gasteiger partial charge in [-0.05, 0) is 42.9 Å². The summed E-state index contributed by atoms with van der Waals surface area (Å²) < 4.78 is 27.9. The van der Waals surface area contributed by atoms with Crippen molar-refractivity contribution in [2.45, 2.75) is 10.9 Å². The number of benzene rings is 3. The smallest absolute Gasteiger partial charge is 0.261 e. The van der Waals surface area contributed by atoms with Gasteiger partial charge in [0.1, 0.15) is 0 Å². The largest absolute Gasteiger partial charge is 0.344 e. The number of nitrogens with one attached hydrogen (secondary N) is 2. The third kappa shape index (κ3) is 6.22. The van der Waals surface area contributed by atoms with E-state index in [0.717, 1.165) is 31.7 Å². The molecule has 0 aromatic heterocycles. The zero-order valence-corrected chi connectivity index (χ0v) is 20.0. The molecule has 1 unspecified atom stereocenters. The van der Waals surface area contributed by atoms with Gasteiger partial charge in [-0.25, -0.2) is 8.42 Å². The van der Waals surface area contributed by atoms with Crippen LogP contribution in [-0.4, -0.2) is 63.9 Å². The fraction of sp³-hybridized carbons (Fsp3) is 0.269. The highest BCUT2D eigenvalue weighted by molar-refractivity contribution is 7.92. The minimum absolute atomic E-state index is 0.168. The van der Waals surface area contributed by atoms with Crippen molar-refractivity contribution in [3.8, 4) is 0 Å². The van der Waals surface area contributed by atoms with Crippen molar-refractivity contribution < 1.29 is 13.2 Å². The summed E-state index contributed by atoms with van der Waals surface area (Å²) in [6.45, 7) is 4.61. The maximum Gasteiger partial charge on any atom is 0.261 e. The fourth-order valence-electron chi connectivity index (χ4n) is 3.99. The Hall–Kier alpha value is -3.20. The molecule has 1 amide bonds. The molecular weight excluding hydrogens is 448 g/mol. The molecule has 0 aliphatic carbocycles. The normalized spacial score (nSPS) is 16.0. The van der Waals surface area contributed by atoms with Crippen LogP contribution in [0.1, 0.15) is 22.0 Å². The second-order valence-electron chi connectivity index (χ2n) is 8.54. The van der Waals surface area contributed by atoms with Gasteiger partial charge < -0.3 is 10.2 Å².